The van der Waals surface area contributed by atoms with Gasteiger partial charge in [0, 0.05) is 0 Å². The van der Waals surface area contributed by atoms with Gasteiger partial charge >= 0.3 is 40.5 Å². The number of hydrogen-bond donors (Lipinski definition) is 4. The van der Waals surface area contributed by atoms with Gasteiger partial charge in [0.15, 0.2) is 0 Å². The van der Waals surface area contributed by atoms with Crippen molar-refractivity contribution < 1.29 is 19.2 Å². The zero-order valence-electron chi connectivity index (χ0n) is 3.57. The van der Waals surface area contributed by atoms with E-state index in [9.17, 15) is 0 Å². The van der Waals surface area contributed by atoms with Crippen LogP contribution in [-0.2, 0) is 0 Å². The molecule has 0 fully saturated rings. The van der Waals surface area contributed by atoms with Crippen LogP contribution in [0.4, 0.5) is 0 Å². The van der Waals surface area contributed by atoms with Crippen molar-refractivity contribution in [2.75, 3.05) is 0 Å². The topological polar surface area (TPSA) is 80.9 Å². The van der Waals surface area contributed by atoms with Crippen molar-refractivity contribution in [2.45, 2.75) is 0 Å². The molecule has 0 aliphatic rings. The van der Waals surface area contributed by atoms with Gasteiger partial charge < -0.3 is 19.2 Å². The van der Waals surface area contributed by atoms with Crippen LogP contribution in [0.3, 0.4) is 0 Å². The first-order valence-corrected chi connectivity index (χ1v) is 2.68. The summed E-state index contributed by atoms with van der Waals surface area (Å²) in [7, 11) is -4.61. The Labute approximate surface area is 60.0 Å². The van der Waals surface area contributed by atoms with Crippen molar-refractivity contribution in [1.29, 1.82) is 0 Å². The maximum absolute atomic E-state index is 7.33. The number of hydrogen-bond acceptors (Lipinski definition) is 4. The molecule has 0 aliphatic heterocycles. The monoisotopic (exact) mass is 131 g/mol. The normalized spacial score (nSPS) is 8.57. The molecular formula is H4BMgO4Si+5. The summed E-state index contributed by atoms with van der Waals surface area (Å²) in [5.41, 5.74) is 0. The Hall–Kier alpha value is 0.888. The van der Waals surface area contributed by atoms with Crippen LogP contribution >= 0.6 is 0 Å². The summed E-state index contributed by atoms with van der Waals surface area (Å²) in [6, 6.07) is 0. The van der Waals surface area contributed by atoms with Crippen LogP contribution < -0.4 is 0 Å². The van der Waals surface area contributed by atoms with Crippen molar-refractivity contribution in [2.24, 2.45) is 0 Å². The Balaban J connectivity index is -0.0000000800. The Bertz CT molecular complexity index is 27.2. The predicted octanol–water partition coefficient (Wildman–Crippen LogP) is -3.37. The van der Waals surface area contributed by atoms with Crippen molar-refractivity contribution in [3.63, 3.8) is 0 Å². The van der Waals surface area contributed by atoms with Crippen molar-refractivity contribution >= 4 is 40.5 Å². The minimum absolute atomic E-state index is 0. The molecule has 0 radical (unpaired) electrons. The molecule has 0 rings (SSSR count). The fourth-order valence-corrected chi connectivity index (χ4v) is 0. The maximum atomic E-state index is 7.33. The van der Waals surface area contributed by atoms with Crippen LogP contribution in [0.1, 0.15) is 0 Å². The first kappa shape index (κ1) is 15.7. The van der Waals surface area contributed by atoms with Crippen LogP contribution in [0.2, 0.25) is 0 Å². The average molecular weight is 131 g/mol. The van der Waals surface area contributed by atoms with Gasteiger partial charge in [0.1, 0.15) is 0 Å². The molecule has 0 unspecified atom stereocenters. The molecule has 7 heteroatoms. The molecule has 0 saturated heterocycles. The van der Waals surface area contributed by atoms with E-state index in [-0.39, 0.29) is 31.5 Å². The summed E-state index contributed by atoms with van der Waals surface area (Å²) >= 11 is 0. The molecule has 4 N–H and O–H groups in total. The van der Waals surface area contributed by atoms with E-state index in [1.54, 1.807) is 0 Å². The average Bonchev–Trinajstić information content (AvgIpc) is 0.722. The molecule has 4 nitrogen and oxygen atoms in total. The van der Waals surface area contributed by atoms with Gasteiger partial charge in [0.05, 0.1) is 0 Å². The van der Waals surface area contributed by atoms with Crippen LogP contribution in [0.15, 0.2) is 0 Å². The molecule has 0 amide bonds. The summed E-state index contributed by atoms with van der Waals surface area (Å²) in [4.78, 5) is 29.3. The van der Waals surface area contributed by atoms with Crippen LogP contribution in [0.25, 0.3) is 0 Å². The zero-order chi connectivity index (χ0) is 4.50. The van der Waals surface area contributed by atoms with Crippen LogP contribution in [-0.4, -0.2) is 59.7 Å². The Morgan fingerprint density at radius 3 is 0.857 bits per heavy atom. The van der Waals surface area contributed by atoms with Crippen LogP contribution in [0.5, 0.6) is 0 Å². The molecule has 0 atom stereocenters. The van der Waals surface area contributed by atoms with Gasteiger partial charge in [-0.2, -0.15) is 0 Å². The molecule has 0 aromatic heterocycles. The summed E-state index contributed by atoms with van der Waals surface area (Å²) in [6.45, 7) is 0. The molecule has 0 aromatic rings. The van der Waals surface area contributed by atoms with Gasteiger partial charge in [-0.15, -0.1) is 0 Å². The minimum Gasteiger partial charge on any atom is -0.368 e. The molecule has 0 heterocycles. The van der Waals surface area contributed by atoms with E-state index >= 15 is 0 Å². The molecular weight excluding hydrogens is 127 g/mol. The van der Waals surface area contributed by atoms with Gasteiger partial charge in [-0.25, -0.2) is 0 Å². The van der Waals surface area contributed by atoms with Gasteiger partial charge in [-0.1, -0.05) is 0 Å². The second kappa shape index (κ2) is 5.03. The molecule has 7 heavy (non-hydrogen) atoms. The smallest absolute Gasteiger partial charge is 0.368 e. The van der Waals surface area contributed by atoms with E-state index in [1.165, 1.54) is 0 Å². The second-order valence-corrected chi connectivity index (χ2v) is 1.80. The molecule has 32 valence electrons. The first-order valence-electron chi connectivity index (χ1n) is 0.894. The SMILES string of the molecule is O[Si](O)(O)O.[B+3].[Mg+2]. The standard InChI is InChI=1S/B.Mg.H4O4Si/c;;1-5(2,3)4/h;;1-4H/q+3;+2;. The van der Waals surface area contributed by atoms with E-state index in [2.05, 4.69) is 0 Å². The first-order chi connectivity index (χ1) is 2.00. The van der Waals surface area contributed by atoms with E-state index in [0.29, 0.717) is 0 Å². The quantitative estimate of drug-likeness (QED) is 0.259. The third kappa shape index (κ3) is 209. The molecule has 0 aromatic carbocycles. The van der Waals surface area contributed by atoms with Gasteiger partial charge in [-0.3, -0.25) is 0 Å². The molecule has 0 spiro atoms. The van der Waals surface area contributed by atoms with Crippen LogP contribution in [0, 0.1) is 0 Å². The van der Waals surface area contributed by atoms with Gasteiger partial charge in [0.2, 0.25) is 0 Å². The van der Waals surface area contributed by atoms with Gasteiger partial charge in [0.25, 0.3) is 0 Å². The van der Waals surface area contributed by atoms with Crippen molar-refractivity contribution in [3.8, 4) is 0 Å². The van der Waals surface area contributed by atoms with E-state index < -0.39 is 9.05 Å². The second-order valence-electron chi connectivity index (χ2n) is 0.600. The zero-order valence-corrected chi connectivity index (χ0v) is 5.99. The predicted molar refractivity (Wildman–Crippen MR) is 26.1 cm³/mol. The van der Waals surface area contributed by atoms with E-state index in [0.717, 1.165) is 0 Å². The summed E-state index contributed by atoms with van der Waals surface area (Å²) in [5, 5.41) is 0. The maximum Gasteiger partial charge on any atom is 3.00 e. The Morgan fingerprint density at radius 1 is 0.857 bits per heavy atom. The fourth-order valence-electron chi connectivity index (χ4n) is 0. The minimum atomic E-state index is -4.61. The van der Waals surface area contributed by atoms with Crippen molar-refractivity contribution in [1.82, 2.24) is 0 Å². The molecule has 0 saturated carbocycles. The Kier molecular flexibility index (Phi) is 11.3. The summed E-state index contributed by atoms with van der Waals surface area (Å²) in [5.74, 6) is 0. The largest absolute Gasteiger partial charge is 3.00 e. The third-order valence-corrected chi connectivity index (χ3v) is 0. The molecule has 0 bridgehead atoms. The van der Waals surface area contributed by atoms with E-state index in [1.807, 2.05) is 0 Å². The Morgan fingerprint density at radius 2 is 0.857 bits per heavy atom. The summed E-state index contributed by atoms with van der Waals surface area (Å²) < 4.78 is 0. The molecule has 0 aliphatic carbocycles. The van der Waals surface area contributed by atoms with Gasteiger partial charge in [-0.05, 0) is 0 Å². The van der Waals surface area contributed by atoms with Crippen molar-refractivity contribution in [3.05, 3.63) is 0 Å². The fraction of sp³-hybridized carbons (Fsp3) is 0. The summed E-state index contributed by atoms with van der Waals surface area (Å²) in [6.07, 6.45) is 0. The number of rotatable bonds is 0. The third-order valence-electron chi connectivity index (χ3n) is 0. The van der Waals surface area contributed by atoms with E-state index in [4.69, 9.17) is 19.2 Å².